The van der Waals surface area contributed by atoms with Gasteiger partial charge < -0.3 is 15.1 Å². The Morgan fingerprint density at radius 1 is 0.975 bits per heavy atom. The molecule has 2 unspecified atom stereocenters. The smallest absolute Gasteiger partial charge is 0.251 e. The summed E-state index contributed by atoms with van der Waals surface area (Å²) in [6.45, 7) is 8.65. The zero-order valence-electron chi connectivity index (χ0n) is 23.7. The van der Waals surface area contributed by atoms with Gasteiger partial charge in [0.1, 0.15) is 5.82 Å². The highest BCUT2D eigenvalue weighted by Gasteiger charge is 2.37. The van der Waals surface area contributed by atoms with Gasteiger partial charge in [-0.15, -0.1) is 0 Å². The Balaban J connectivity index is 1.08. The van der Waals surface area contributed by atoms with Gasteiger partial charge in [0.15, 0.2) is 0 Å². The molecule has 2 bridgehead atoms. The molecule has 0 saturated carbocycles. The largest absolute Gasteiger partial charge is 0.348 e. The Morgan fingerprint density at radius 3 is 2.50 bits per heavy atom. The zero-order valence-corrected chi connectivity index (χ0v) is 23.7. The van der Waals surface area contributed by atoms with Crippen LogP contribution in [0.25, 0.3) is 11.1 Å². The highest BCUT2D eigenvalue weighted by Crippen LogP contribution is 2.28. The average molecular weight is 543 g/mol. The summed E-state index contributed by atoms with van der Waals surface area (Å²) in [5.41, 5.74) is 5.34. The Labute approximate surface area is 237 Å². The van der Waals surface area contributed by atoms with E-state index in [1.165, 1.54) is 18.1 Å². The molecular formula is C33H41FN5O+. The van der Waals surface area contributed by atoms with E-state index in [0.29, 0.717) is 29.8 Å². The number of likely N-dealkylation sites (N-methyl/N-ethyl adjacent to an activating group) is 1. The molecule has 0 aliphatic carbocycles. The van der Waals surface area contributed by atoms with E-state index in [4.69, 9.17) is 0 Å². The van der Waals surface area contributed by atoms with Gasteiger partial charge in [-0.1, -0.05) is 36.4 Å². The highest BCUT2D eigenvalue weighted by atomic mass is 19.1. The van der Waals surface area contributed by atoms with Crippen LogP contribution in [0.5, 0.6) is 0 Å². The number of piperazine rings is 2. The first-order valence-corrected chi connectivity index (χ1v) is 14.6. The molecule has 3 saturated heterocycles. The van der Waals surface area contributed by atoms with Crippen molar-refractivity contribution >= 4 is 5.91 Å². The molecule has 6 nitrogen and oxygen atoms in total. The quantitative estimate of drug-likeness (QED) is 0.425. The fraction of sp³-hybridized carbons (Fsp3) is 0.424. The van der Waals surface area contributed by atoms with Crippen LogP contribution in [-0.2, 0) is 19.6 Å². The second-order valence-corrected chi connectivity index (χ2v) is 12.5. The topological polar surface area (TPSA) is 47.6 Å². The lowest BCUT2D eigenvalue weighted by Gasteiger charge is -2.39. The van der Waals surface area contributed by atoms with Crippen LogP contribution in [0.3, 0.4) is 0 Å². The number of quaternary nitrogens is 1. The van der Waals surface area contributed by atoms with Crippen molar-refractivity contribution in [3.63, 3.8) is 0 Å². The van der Waals surface area contributed by atoms with E-state index in [0.717, 1.165) is 73.5 Å². The second-order valence-electron chi connectivity index (χ2n) is 12.5. The fourth-order valence-corrected chi connectivity index (χ4v) is 6.38. The molecule has 3 aliphatic rings. The SMILES string of the molecule is C[N+]1(C)CCN(Cc2cccc(C(=O)NCc3ccc(F)c(-c4cccc(CN5CC6CC5CN6)c4)c3)c2)CC1. The number of carbonyl (C=O) groups excluding carboxylic acids is 1. The van der Waals surface area contributed by atoms with Gasteiger partial charge >= 0.3 is 0 Å². The van der Waals surface area contributed by atoms with Crippen LogP contribution in [0.2, 0.25) is 0 Å². The number of fused-ring (bicyclic) bond motifs is 2. The first-order chi connectivity index (χ1) is 19.3. The molecule has 3 heterocycles. The molecule has 3 aromatic rings. The molecular weight excluding hydrogens is 501 g/mol. The molecule has 40 heavy (non-hydrogen) atoms. The molecule has 3 aromatic carbocycles. The third kappa shape index (κ3) is 6.28. The van der Waals surface area contributed by atoms with E-state index in [9.17, 15) is 9.18 Å². The van der Waals surface area contributed by atoms with Gasteiger partial charge in [0, 0.05) is 69.0 Å². The molecule has 2 atom stereocenters. The molecule has 7 heteroatoms. The van der Waals surface area contributed by atoms with E-state index < -0.39 is 0 Å². The molecule has 6 rings (SSSR count). The van der Waals surface area contributed by atoms with E-state index in [1.54, 1.807) is 6.07 Å². The van der Waals surface area contributed by atoms with Crippen molar-refractivity contribution in [2.45, 2.75) is 38.1 Å². The number of hydrogen-bond donors (Lipinski definition) is 2. The lowest BCUT2D eigenvalue weighted by molar-refractivity contribution is -0.894. The number of benzene rings is 3. The summed E-state index contributed by atoms with van der Waals surface area (Å²) in [6.07, 6.45) is 1.22. The normalized spacial score (nSPS) is 22.5. The summed E-state index contributed by atoms with van der Waals surface area (Å²) in [7, 11) is 4.56. The number of halogens is 1. The van der Waals surface area contributed by atoms with Crippen LogP contribution in [0.15, 0.2) is 66.7 Å². The van der Waals surface area contributed by atoms with Crippen LogP contribution in [-0.4, -0.2) is 85.6 Å². The minimum atomic E-state index is -0.246. The number of amides is 1. The lowest BCUT2D eigenvalue weighted by atomic mass is 10.00. The van der Waals surface area contributed by atoms with Crippen LogP contribution in [0.4, 0.5) is 4.39 Å². The lowest BCUT2D eigenvalue weighted by Crippen LogP contribution is -2.54. The third-order valence-electron chi connectivity index (χ3n) is 8.92. The molecule has 0 spiro atoms. The number of carbonyl (C=O) groups is 1. The number of hydrogen-bond acceptors (Lipinski definition) is 4. The molecule has 1 amide bonds. The number of nitrogens with one attached hydrogen (secondary N) is 2. The third-order valence-corrected chi connectivity index (χ3v) is 8.92. The van der Waals surface area contributed by atoms with Gasteiger partial charge in [0.2, 0.25) is 0 Å². The summed E-state index contributed by atoms with van der Waals surface area (Å²) < 4.78 is 16.0. The first-order valence-electron chi connectivity index (χ1n) is 14.6. The van der Waals surface area contributed by atoms with Crippen LogP contribution >= 0.6 is 0 Å². The van der Waals surface area contributed by atoms with Crippen molar-refractivity contribution in [1.29, 1.82) is 0 Å². The standard InChI is InChI=1S/C33H40FN5O/c1-39(2)13-11-37(12-14-39)21-25-5-4-8-28(16-25)33(40)36-19-24-9-10-32(34)31(17-24)27-7-3-6-26(15-27)22-38-23-29-18-30(38)20-35-29/h3-10,15-17,29-30,35H,11-14,18-23H2,1-2H3/p+1. The Bertz CT molecular complexity index is 1360. The first kappa shape index (κ1) is 27.1. The summed E-state index contributed by atoms with van der Waals surface area (Å²) in [4.78, 5) is 18.0. The maximum atomic E-state index is 14.9. The van der Waals surface area contributed by atoms with Crippen molar-refractivity contribution < 1.29 is 13.7 Å². The van der Waals surface area contributed by atoms with Gasteiger partial charge in [0.25, 0.3) is 5.91 Å². The number of nitrogens with zero attached hydrogens (tertiary/aromatic N) is 3. The fourth-order valence-electron chi connectivity index (χ4n) is 6.38. The Hall–Kier alpha value is -3.10. The van der Waals surface area contributed by atoms with E-state index in [1.807, 2.05) is 36.4 Å². The van der Waals surface area contributed by atoms with E-state index in [2.05, 4.69) is 52.7 Å². The van der Waals surface area contributed by atoms with Gasteiger partial charge in [-0.05, 0) is 59.0 Å². The number of rotatable bonds is 8. The molecule has 0 aromatic heterocycles. The van der Waals surface area contributed by atoms with Crippen LogP contribution in [0, 0.1) is 5.82 Å². The highest BCUT2D eigenvalue weighted by molar-refractivity contribution is 5.94. The average Bonchev–Trinajstić information content (AvgIpc) is 3.57. The Morgan fingerprint density at radius 2 is 1.75 bits per heavy atom. The van der Waals surface area contributed by atoms with Crippen LogP contribution < -0.4 is 10.6 Å². The van der Waals surface area contributed by atoms with Gasteiger partial charge in [0.05, 0.1) is 27.2 Å². The second kappa shape index (κ2) is 11.4. The summed E-state index contributed by atoms with van der Waals surface area (Å²) in [5.74, 6) is -0.357. The van der Waals surface area contributed by atoms with Crippen molar-refractivity contribution in [2.24, 2.45) is 0 Å². The summed E-state index contributed by atoms with van der Waals surface area (Å²) in [5, 5.41) is 6.59. The minimum Gasteiger partial charge on any atom is -0.348 e. The molecule has 210 valence electrons. The summed E-state index contributed by atoms with van der Waals surface area (Å²) in [6, 6.07) is 22.5. The minimum absolute atomic E-state index is 0.111. The monoisotopic (exact) mass is 542 g/mol. The van der Waals surface area contributed by atoms with E-state index >= 15 is 0 Å². The molecule has 0 radical (unpaired) electrons. The van der Waals surface area contributed by atoms with Crippen LogP contribution in [0.1, 0.15) is 33.5 Å². The zero-order chi connectivity index (χ0) is 27.7. The van der Waals surface area contributed by atoms with E-state index in [-0.39, 0.29) is 11.7 Å². The predicted molar refractivity (Wildman–Crippen MR) is 157 cm³/mol. The molecule has 2 N–H and O–H groups in total. The van der Waals surface area contributed by atoms with Gasteiger partial charge in [-0.3, -0.25) is 14.6 Å². The van der Waals surface area contributed by atoms with Crippen molar-refractivity contribution in [3.05, 3.63) is 94.8 Å². The van der Waals surface area contributed by atoms with Crippen molar-refractivity contribution in [3.8, 4) is 11.1 Å². The summed E-state index contributed by atoms with van der Waals surface area (Å²) >= 11 is 0. The van der Waals surface area contributed by atoms with Crippen molar-refractivity contribution in [2.75, 3.05) is 53.4 Å². The Kier molecular flexibility index (Phi) is 7.73. The van der Waals surface area contributed by atoms with Gasteiger partial charge in [-0.2, -0.15) is 0 Å². The maximum Gasteiger partial charge on any atom is 0.251 e. The van der Waals surface area contributed by atoms with Crippen molar-refractivity contribution in [1.82, 2.24) is 20.4 Å². The maximum absolute atomic E-state index is 14.9. The molecule has 3 aliphatic heterocycles. The number of likely N-dealkylation sites (tertiary alicyclic amines) is 1. The predicted octanol–water partition coefficient (Wildman–Crippen LogP) is 3.86. The molecule has 3 fully saturated rings. The van der Waals surface area contributed by atoms with Gasteiger partial charge in [-0.25, -0.2) is 4.39 Å².